The zero-order valence-corrected chi connectivity index (χ0v) is 18.6. The molecule has 0 spiro atoms. The third-order valence-corrected chi connectivity index (χ3v) is 5.46. The topological polar surface area (TPSA) is 67.2 Å². The number of carbonyl (C=O) groups excluding carboxylic acids is 1. The van der Waals surface area contributed by atoms with Crippen LogP contribution in [0.2, 0.25) is 5.02 Å². The standard InChI is InChI=1S/C21H24BrClF3N3O/c1-13(22)3-2-4-19(27)28-12-14-5-8-16(9-6-14)29-20(30)17-11-15(21(24,25)26)7-10-18(17)23/h2-4,7,10-11,14,16,28H,1,5-6,8-9,12,27H2,(H,29,30)/b3-2-,19-4+. The van der Waals surface area contributed by atoms with Crippen LogP contribution >= 0.6 is 27.5 Å². The molecule has 4 nitrogen and oxygen atoms in total. The Morgan fingerprint density at radius 2 is 1.97 bits per heavy atom. The van der Waals surface area contributed by atoms with E-state index in [1.54, 1.807) is 18.2 Å². The van der Waals surface area contributed by atoms with Gasteiger partial charge in [0.1, 0.15) is 0 Å². The Kier molecular flexibility index (Phi) is 8.85. The Bertz CT molecular complexity index is 831. The van der Waals surface area contributed by atoms with E-state index in [-0.39, 0.29) is 16.6 Å². The average molecular weight is 507 g/mol. The maximum atomic E-state index is 12.9. The van der Waals surface area contributed by atoms with Crippen LogP contribution in [0, 0.1) is 5.92 Å². The molecule has 1 aliphatic rings. The predicted molar refractivity (Wildman–Crippen MR) is 117 cm³/mol. The fourth-order valence-electron chi connectivity index (χ4n) is 3.23. The lowest BCUT2D eigenvalue weighted by Gasteiger charge is -2.29. The molecule has 1 amide bonds. The highest BCUT2D eigenvalue weighted by Gasteiger charge is 2.32. The van der Waals surface area contributed by atoms with Gasteiger partial charge in [-0.05, 0) is 62.0 Å². The third kappa shape index (κ3) is 7.72. The number of benzene rings is 1. The van der Waals surface area contributed by atoms with Crippen LogP contribution in [0.15, 0.2) is 53.3 Å². The van der Waals surface area contributed by atoms with Gasteiger partial charge in [0.25, 0.3) is 5.91 Å². The van der Waals surface area contributed by atoms with Crippen molar-refractivity contribution in [1.82, 2.24) is 10.6 Å². The van der Waals surface area contributed by atoms with Gasteiger partial charge in [-0.15, -0.1) is 0 Å². The Balaban J connectivity index is 1.84. The molecule has 0 heterocycles. The van der Waals surface area contributed by atoms with E-state index in [2.05, 4.69) is 33.1 Å². The molecule has 0 saturated heterocycles. The average Bonchev–Trinajstić information content (AvgIpc) is 2.66. The first kappa shape index (κ1) is 24.3. The van der Waals surface area contributed by atoms with E-state index in [4.69, 9.17) is 17.3 Å². The summed E-state index contributed by atoms with van der Waals surface area (Å²) in [6.45, 7) is 4.40. The predicted octanol–water partition coefficient (Wildman–Crippen LogP) is 5.50. The molecule has 0 atom stereocenters. The van der Waals surface area contributed by atoms with Crippen LogP contribution in [0.3, 0.4) is 0 Å². The van der Waals surface area contributed by atoms with Crippen molar-refractivity contribution < 1.29 is 18.0 Å². The minimum atomic E-state index is -4.53. The fraction of sp³-hybridized carbons (Fsp3) is 0.381. The molecular formula is C21H24BrClF3N3O. The van der Waals surface area contributed by atoms with Gasteiger partial charge in [0.05, 0.1) is 22.0 Å². The number of hydrogen-bond acceptors (Lipinski definition) is 3. The number of carbonyl (C=O) groups is 1. The normalized spacial score (nSPS) is 20.2. The molecular weight excluding hydrogens is 483 g/mol. The van der Waals surface area contributed by atoms with E-state index in [1.165, 1.54) is 0 Å². The summed E-state index contributed by atoms with van der Waals surface area (Å²) in [7, 11) is 0. The molecule has 0 aromatic heterocycles. The molecule has 2 rings (SSSR count). The SMILES string of the molecule is C=C(Br)/C=C\C=C(/N)NCC1CCC(NC(=O)c2cc(C(F)(F)F)ccc2Cl)CC1. The summed E-state index contributed by atoms with van der Waals surface area (Å²) in [6.07, 6.45) is 3.99. The van der Waals surface area contributed by atoms with E-state index < -0.39 is 17.6 Å². The first-order valence-corrected chi connectivity index (χ1v) is 10.6. The first-order valence-electron chi connectivity index (χ1n) is 9.46. The number of nitrogens with one attached hydrogen (secondary N) is 2. The van der Waals surface area contributed by atoms with E-state index in [0.717, 1.165) is 48.4 Å². The Labute approximate surface area is 187 Å². The van der Waals surface area contributed by atoms with Crippen LogP contribution in [0.1, 0.15) is 41.6 Å². The maximum absolute atomic E-state index is 12.9. The number of allylic oxidation sites excluding steroid dienone is 4. The monoisotopic (exact) mass is 505 g/mol. The van der Waals surface area contributed by atoms with Crippen LogP contribution in [0.5, 0.6) is 0 Å². The molecule has 1 aromatic rings. The zero-order chi connectivity index (χ0) is 22.3. The van der Waals surface area contributed by atoms with Crippen molar-refractivity contribution in [2.24, 2.45) is 11.7 Å². The van der Waals surface area contributed by atoms with Gasteiger partial charge in [0.2, 0.25) is 0 Å². The molecule has 0 radical (unpaired) electrons. The van der Waals surface area contributed by atoms with E-state index in [0.29, 0.717) is 18.3 Å². The molecule has 1 saturated carbocycles. The molecule has 0 bridgehead atoms. The highest BCUT2D eigenvalue weighted by molar-refractivity contribution is 9.11. The van der Waals surface area contributed by atoms with Crippen molar-refractivity contribution in [3.8, 4) is 0 Å². The molecule has 30 heavy (non-hydrogen) atoms. The summed E-state index contributed by atoms with van der Waals surface area (Å²) in [5, 5.41) is 5.97. The summed E-state index contributed by atoms with van der Waals surface area (Å²) in [5.74, 6) is 0.368. The summed E-state index contributed by atoms with van der Waals surface area (Å²) < 4.78 is 39.4. The lowest BCUT2D eigenvalue weighted by atomic mass is 9.86. The quantitative estimate of drug-likeness (QED) is 0.428. The lowest BCUT2D eigenvalue weighted by molar-refractivity contribution is -0.137. The number of hydrogen-bond donors (Lipinski definition) is 3. The van der Waals surface area contributed by atoms with Gasteiger partial charge in [-0.25, -0.2) is 0 Å². The smallest absolute Gasteiger partial charge is 0.386 e. The van der Waals surface area contributed by atoms with Crippen molar-refractivity contribution in [3.63, 3.8) is 0 Å². The van der Waals surface area contributed by atoms with E-state index in [9.17, 15) is 18.0 Å². The highest BCUT2D eigenvalue weighted by Crippen LogP contribution is 2.32. The van der Waals surface area contributed by atoms with Gasteiger partial charge in [-0.1, -0.05) is 40.2 Å². The van der Waals surface area contributed by atoms with Crippen LogP contribution in [0.4, 0.5) is 13.2 Å². The van der Waals surface area contributed by atoms with Gasteiger partial charge < -0.3 is 16.4 Å². The fourth-order valence-corrected chi connectivity index (χ4v) is 3.58. The highest BCUT2D eigenvalue weighted by atomic mass is 79.9. The lowest BCUT2D eigenvalue weighted by Crippen LogP contribution is -2.39. The molecule has 0 unspecified atom stereocenters. The number of halogens is 5. The van der Waals surface area contributed by atoms with Crippen molar-refractivity contribution in [2.75, 3.05) is 6.54 Å². The molecule has 9 heteroatoms. The summed E-state index contributed by atoms with van der Waals surface area (Å²) in [4.78, 5) is 12.4. The summed E-state index contributed by atoms with van der Waals surface area (Å²) in [5.41, 5.74) is 4.84. The third-order valence-electron chi connectivity index (χ3n) is 4.87. The van der Waals surface area contributed by atoms with Crippen molar-refractivity contribution in [2.45, 2.75) is 37.9 Å². The largest absolute Gasteiger partial charge is 0.416 e. The van der Waals surface area contributed by atoms with E-state index >= 15 is 0 Å². The molecule has 164 valence electrons. The Morgan fingerprint density at radius 1 is 1.30 bits per heavy atom. The molecule has 4 N–H and O–H groups in total. The number of alkyl halides is 3. The zero-order valence-electron chi connectivity index (χ0n) is 16.2. The van der Waals surface area contributed by atoms with Crippen LogP contribution < -0.4 is 16.4 Å². The minimum Gasteiger partial charge on any atom is -0.386 e. The van der Waals surface area contributed by atoms with Crippen LogP contribution in [-0.2, 0) is 6.18 Å². The second kappa shape index (κ2) is 10.9. The molecule has 1 fully saturated rings. The van der Waals surface area contributed by atoms with Gasteiger partial charge in [-0.2, -0.15) is 13.2 Å². The van der Waals surface area contributed by atoms with Gasteiger partial charge >= 0.3 is 6.18 Å². The van der Waals surface area contributed by atoms with Crippen molar-refractivity contribution in [1.29, 1.82) is 0 Å². The van der Waals surface area contributed by atoms with Gasteiger partial charge in [0, 0.05) is 17.1 Å². The Morgan fingerprint density at radius 3 is 2.57 bits per heavy atom. The van der Waals surface area contributed by atoms with Crippen LogP contribution in [0.25, 0.3) is 0 Å². The number of nitrogens with two attached hydrogens (primary N) is 1. The van der Waals surface area contributed by atoms with Crippen LogP contribution in [-0.4, -0.2) is 18.5 Å². The first-order chi connectivity index (χ1) is 14.1. The number of rotatable bonds is 7. The second-order valence-corrected chi connectivity index (χ2v) is 8.62. The number of amides is 1. The summed E-state index contributed by atoms with van der Waals surface area (Å²) >= 11 is 9.16. The molecule has 0 aliphatic heterocycles. The van der Waals surface area contributed by atoms with Gasteiger partial charge in [0.15, 0.2) is 0 Å². The minimum absolute atomic E-state index is 0.00168. The van der Waals surface area contributed by atoms with Crippen molar-refractivity contribution in [3.05, 3.63) is 69.5 Å². The summed E-state index contributed by atoms with van der Waals surface area (Å²) in [6, 6.07) is 2.66. The Hall–Kier alpha value is -1.93. The molecule has 1 aliphatic carbocycles. The molecule has 1 aromatic carbocycles. The van der Waals surface area contributed by atoms with Crippen molar-refractivity contribution >= 4 is 33.4 Å². The van der Waals surface area contributed by atoms with Gasteiger partial charge in [-0.3, -0.25) is 4.79 Å². The van der Waals surface area contributed by atoms with E-state index in [1.807, 2.05) is 0 Å². The maximum Gasteiger partial charge on any atom is 0.416 e. The second-order valence-electron chi connectivity index (χ2n) is 7.19.